The quantitative estimate of drug-likeness (QED) is 0.361. The number of thioether (sulfide) groups is 1. The third-order valence-electron chi connectivity index (χ3n) is 5.04. The number of nitrogens with zero attached hydrogens (tertiary/aromatic N) is 2. The number of rotatable bonds is 3. The Hall–Kier alpha value is -2.28. The van der Waals surface area contributed by atoms with Crippen molar-refractivity contribution in [1.29, 1.82) is 0 Å². The van der Waals surface area contributed by atoms with Crippen LogP contribution in [-0.2, 0) is 4.79 Å². The summed E-state index contributed by atoms with van der Waals surface area (Å²) in [6, 6.07) is 14.9. The molecule has 0 radical (unpaired) electrons. The Labute approximate surface area is 192 Å². The highest BCUT2D eigenvalue weighted by molar-refractivity contribution is 9.10. The first kappa shape index (κ1) is 21.0. The van der Waals surface area contributed by atoms with Gasteiger partial charge >= 0.3 is 0 Å². The second kappa shape index (κ2) is 8.10. The maximum Gasteiger partial charge on any atom is 0.298 e. The molecular formula is C23H18BrClN2O2S. The van der Waals surface area contributed by atoms with Gasteiger partial charge in [-0.05, 0) is 98.3 Å². The second-order valence-electron chi connectivity index (χ2n) is 7.09. The van der Waals surface area contributed by atoms with E-state index in [0.717, 1.165) is 44.4 Å². The van der Waals surface area contributed by atoms with Crippen molar-refractivity contribution in [3.63, 3.8) is 0 Å². The van der Waals surface area contributed by atoms with Gasteiger partial charge in [0.25, 0.3) is 11.1 Å². The first-order valence-corrected chi connectivity index (χ1v) is 11.2. The van der Waals surface area contributed by atoms with E-state index >= 15 is 0 Å². The SMILES string of the molecule is Cc1cc(-n2c(C)cc(/C=C3\SC(=O)N(c4ccc(Cl)cc4)C3=O)c2C)ccc1Br. The van der Waals surface area contributed by atoms with Crippen molar-refractivity contribution in [2.75, 3.05) is 4.90 Å². The highest BCUT2D eigenvalue weighted by Gasteiger charge is 2.36. The van der Waals surface area contributed by atoms with Crippen molar-refractivity contribution in [3.05, 3.63) is 85.4 Å². The number of imide groups is 1. The zero-order valence-electron chi connectivity index (χ0n) is 16.6. The van der Waals surface area contributed by atoms with E-state index in [0.29, 0.717) is 15.6 Å². The van der Waals surface area contributed by atoms with Gasteiger partial charge in [0.05, 0.1) is 10.6 Å². The maximum atomic E-state index is 12.9. The van der Waals surface area contributed by atoms with Crippen LogP contribution in [0.25, 0.3) is 11.8 Å². The zero-order valence-corrected chi connectivity index (χ0v) is 19.7. The molecule has 0 N–H and O–H groups in total. The number of hydrogen-bond acceptors (Lipinski definition) is 3. The molecule has 0 saturated carbocycles. The van der Waals surface area contributed by atoms with Crippen LogP contribution >= 0.6 is 39.3 Å². The van der Waals surface area contributed by atoms with Crippen molar-refractivity contribution in [2.45, 2.75) is 20.8 Å². The molecule has 30 heavy (non-hydrogen) atoms. The Morgan fingerprint density at radius 1 is 0.967 bits per heavy atom. The first-order chi connectivity index (χ1) is 14.3. The fraction of sp³-hybridized carbons (Fsp3) is 0.130. The fourth-order valence-electron chi connectivity index (χ4n) is 3.52. The number of anilines is 1. The highest BCUT2D eigenvalue weighted by atomic mass is 79.9. The molecule has 2 amide bonds. The number of carbonyl (C=O) groups is 2. The number of amides is 2. The molecule has 1 aliphatic heterocycles. The minimum Gasteiger partial charge on any atom is -0.318 e. The molecule has 152 valence electrons. The molecule has 1 fully saturated rings. The lowest BCUT2D eigenvalue weighted by Crippen LogP contribution is -2.27. The molecule has 1 aromatic heterocycles. The summed E-state index contributed by atoms with van der Waals surface area (Å²) in [5.41, 5.74) is 5.69. The summed E-state index contributed by atoms with van der Waals surface area (Å²) in [6.07, 6.45) is 1.80. The van der Waals surface area contributed by atoms with Crippen LogP contribution in [0.15, 0.2) is 57.9 Å². The summed E-state index contributed by atoms with van der Waals surface area (Å²) in [4.78, 5) is 27.0. The standard InChI is InChI=1S/C23H18BrClN2O2S/c1-13-10-19(8-9-20(13)24)26-14(2)11-16(15(26)3)12-21-22(28)27(23(29)30-21)18-6-4-17(25)5-7-18/h4-12H,1-3H3/b21-12-. The molecule has 3 aromatic rings. The predicted octanol–water partition coefficient (Wildman–Crippen LogP) is 7.06. The van der Waals surface area contributed by atoms with Gasteiger partial charge in [0, 0.05) is 26.6 Å². The monoisotopic (exact) mass is 500 g/mol. The Morgan fingerprint density at radius 3 is 2.30 bits per heavy atom. The van der Waals surface area contributed by atoms with Gasteiger partial charge < -0.3 is 4.57 Å². The van der Waals surface area contributed by atoms with Crippen LogP contribution in [0.4, 0.5) is 10.5 Å². The van der Waals surface area contributed by atoms with Crippen molar-refractivity contribution in [1.82, 2.24) is 4.57 Å². The van der Waals surface area contributed by atoms with Gasteiger partial charge in [0.1, 0.15) is 0 Å². The Bertz CT molecular complexity index is 1210. The van der Waals surface area contributed by atoms with Crippen molar-refractivity contribution >= 4 is 62.2 Å². The molecule has 0 aliphatic carbocycles. The summed E-state index contributed by atoms with van der Waals surface area (Å²) in [6.45, 7) is 6.09. The van der Waals surface area contributed by atoms with Crippen molar-refractivity contribution < 1.29 is 9.59 Å². The third-order valence-corrected chi connectivity index (χ3v) is 7.05. The average Bonchev–Trinajstić information content (AvgIpc) is 3.13. The molecule has 4 rings (SSSR count). The number of aromatic nitrogens is 1. The number of carbonyl (C=O) groups excluding carboxylic acids is 2. The molecule has 0 spiro atoms. The smallest absolute Gasteiger partial charge is 0.298 e. The molecule has 0 unspecified atom stereocenters. The van der Waals surface area contributed by atoms with E-state index in [4.69, 9.17) is 11.6 Å². The largest absolute Gasteiger partial charge is 0.318 e. The van der Waals surface area contributed by atoms with E-state index < -0.39 is 0 Å². The van der Waals surface area contributed by atoms with Crippen LogP contribution < -0.4 is 4.90 Å². The molecule has 0 atom stereocenters. The van der Waals surface area contributed by atoms with Crippen molar-refractivity contribution in [3.8, 4) is 5.69 Å². The van der Waals surface area contributed by atoms with E-state index in [9.17, 15) is 9.59 Å². The van der Waals surface area contributed by atoms with Crippen LogP contribution in [0.5, 0.6) is 0 Å². The Kier molecular flexibility index (Phi) is 5.66. The summed E-state index contributed by atoms with van der Waals surface area (Å²) in [7, 11) is 0. The molecule has 1 saturated heterocycles. The van der Waals surface area contributed by atoms with Gasteiger partial charge in [-0.25, -0.2) is 4.90 Å². The van der Waals surface area contributed by atoms with Gasteiger partial charge in [0.2, 0.25) is 0 Å². The summed E-state index contributed by atoms with van der Waals surface area (Å²) in [5, 5.41) is 0.239. The number of hydrogen-bond donors (Lipinski definition) is 0. The van der Waals surface area contributed by atoms with Gasteiger partial charge in [-0.1, -0.05) is 27.5 Å². The molecule has 2 aromatic carbocycles. The second-order valence-corrected chi connectivity index (χ2v) is 9.37. The van der Waals surface area contributed by atoms with Crippen LogP contribution in [0.2, 0.25) is 5.02 Å². The van der Waals surface area contributed by atoms with Crippen LogP contribution in [0.3, 0.4) is 0 Å². The molecule has 4 nitrogen and oxygen atoms in total. The highest BCUT2D eigenvalue weighted by Crippen LogP contribution is 2.37. The van der Waals surface area contributed by atoms with E-state index in [1.54, 1.807) is 30.3 Å². The first-order valence-electron chi connectivity index (χ1n) is 9.25. The topological polar surface area (TPSA) is 42.3 Å². The van der Waals surface area contributed by atoms with Crippen LogP contribution in [0, 0.1) is 20.8 Å². The molecule has 2 heterocycles. The average molecular weight is 502 g/mol. The summed E-state index contributed by atoms with van der Waals surface area (Å²) in [5.74, 6) is -0.323. The zero-order chi connectivity index (χ0) is 21.6. The van der Waals surface area contributed by atoms with E-state index in [-0.39, 0.29) is 11.1 Å². The minimum absolute atomic E-state index is 0.314. The lowest BCUT2D eigenvalue weighted by Gasteiger charge is -2.12. The lowest BCUT2D eigenvalue weighted by molar-refractivity contribution is -0.113. The van der Waals surface area contributed by atoms with Crippen LogP contribution in [0.1, 0.15) is 22.5 Å². The number of halogens is 2. The number of benzene rings is 2. The molecule has 1 aliphatic rings. The number of aryl methyl sites for hydroxylation is 2. The summed E-state index contributed by atoms with van der Waals surface area (Å²) >= 11 is 10.4. The van der Waals surface area contributed by atoms with Gasteiger partial charge in [0.15, 0.2) is 0 Å². The molecule has 7 heteroatoms. The normalized spacial score (nSPS) is 15.5. The predicted molar refractivity (Wildman–Crippen MR) is 128 cm³/mol. The lowest BCUT2D eigenvalue weighted by atomic mass is 10.2. The Balaban J connectivity index is 1.70. The van der Waals surface area contributed by atoms with Gasteiger partial charge in [-0.15, -0.1) is 0 Å². The maximum absolute atomic E-state index is 12.9. The third kappa shape index (κ3) is 3.75. The van der Waals surface area contributed by atoms with E-state index in [2.05, 4.69) is 39.6 Å². The van der Waals surface area contributed by atoms with E-state index in [1.807, 2.05) is 26.0 Å². The van der Waals surface area contributed by atoms with Crippen LogP contribution in [-0.4, -0.2) is 15.7 Å². The summed E-state index contributed by atoms with van der Waals surface area (Å²) < 4.78 is 3.21. The fourth-order valence-corrected chi connectivity index (χ4v) is 4.73. The molecule has 0 bridgehead atoms. The molecular weight excluding hydrogens is 484 g/mol. The van der Waals surface area contributed by atoms with Gasteiger partial charge in [-0.2, -0.15) is 0 Å². The van der Waals surface area contributed by atoms with Gasteiger partial charge in [-0.3, -0.25) is 9.59 Å². The van der Waals surface area contributed by atoms with Crippen molar-refractivity contribution in [2.24, 2.45) is 0 Å². The Morgan fingerprint density at radius 2 is 1.63 bits per heavy atom. The minimum atomic E-state index is -0.323. The van der Waals surface area contributed by atoms with E-state index in [1.165, 1.54) is 4.90 Å².